The fourth-order valence-corrected chi connectivity index (χ4v) is 7.28. The standard InChI is InChI=1S/C23H23ClF2N4O3S2/c24-16-3-5-18(6-4-16)35(32,33)30-7-1-2-15(14-30)22(31)28-8-10-29(11-9-28)23-27-21-19(26)12-17(25)13-20(21)34-23/h3-6,12-13,15H,1-2,7-11,14H2. The fraction of sp³-hybridized carbons (Fsp3) is 0.391. The summed E-state index contributed by atoms with van der Waals surface area (Å²) >= 11 is 7.11. The van der Waals surface area contributed by atoms with Crippen LogP contribution in [0.2, 0.25) is 5.02 Å². The SMILES string of the molecule is O=C(C1CCCN(S(=O)(=O)c2ccc(Cl)cc2)C1)N1CCN(c2nc3c(F)cc(F)cc3s2)CC1. The largest absolute Gasteiger partial charge is 0.345 e. The van der Waals surface area contributed by atoms with E-state index in [0.29, 0.717) is 60.4 Å². The molecule has 0 radical (unpaired) electrons. The maximum atomic E-state index is 14.0. The lowest BCUT2D eigenvalue weighted by Gasteiger charge is -2.38. The summed E-state index contributed by atoms with van der Waals surface area (Å²) in [5.74, 6) is -1.79. The third kappa shape index (κ3) is 4.87. The lowest BCUT2D eigenvalue weighted by atomic mass is 9.98. The number of piperidine rings is 1. The lowest BCUT2D eigenvalue weighted by Crippen LogP contribution is -2.53. The molecule has 2 aliphatic rings. The minimum absolute atomic E-state index is 0.0573. The summed E-state index contributed by atoms with van der Waals surface area (Å²) in [6.45, 7) is 2.44. The molecular weight excluding hydrogens is 518 g/mol. The molecule has 7 nitrogen and oxygen atoms in total. The average Bonchev–Trinajstić information content (AvgIpc) is 3.28. The topological polar surface area (TPSA) is 73.8 Å². The molecule has 3 aromatic rings. The van der Waals surface area contributed by atoms with Crippen molar-refractivity contribution in [2.45, 2.75) is 17.7 Å². The van der Waals surface area contributed by atoms with Crippen LogP contribution in [0.25, 0.3) is 10.2 Å². The van der Waals surface area contributed by atoms with Gasteiger partial charge in [0, 0.05) is 50.4 Å². The number of benzene rings is 2. The number of hydrogen-bond acceptors (Lipinski definition) is 6. The van der Waals surface area contributed by atoms with Crippen molar-refractivity contribution in [3.8, 4) is 0 Å². The van der Waals surface area contributed by atoms with E-state index in [1.165, 1.54) is 46.0 Å². The molecule has 5 rings (SSSR count). The highest BCUT2D eigenvalue weighted by molar-refractivity contribution is 7.89. The smallest absolute Gasteiger partial charge is 0.243 e. The summed E-state index contributed by atoms with van der Waals surface area (Å²) in [4.78, 5) is 21.4. The van der Waals surface area contributed by atoms with Gasteiger partial charge in [0.05, 0.1) is 15.5 Å². The Morgan fingerprint density at radius 1 is 1.06 bits per heavy atom. The number of rotatable bonds is 4. The van der Waals surface area contributed by atoms with Crippen LogP contribution in [0, 0.1) is 17.6 Å². The van der Waals surface area contributed by atoms with Crippen LogP contribution in [-0.4, -0.2) is 67.8 Å². The molecular formula is C23H23ClF2N4O3S2. The summed E-state index contributed by atoms with van der Waals surface area (Å²) in [6, 6.07) is 8.12. The Morgan fingerprint density at radius 2 is 1.77 bits per heavy atom. The number of hydrogen-bond donors (Lipinski definition) is 0. The maximum Gasteiger partial charge on any atom is 0.243 e. The molecule has 1 amide bonds. The Kier molecular flexibility index (Phi) is 6.69. The lowest BCUT2D eigenvalue weighted by molar-refractivity contribution is -0.137. The normalized spacial score (nSPS) is 19.9. The number of carbonyl (C=O) groups excluding carboxylic acids is 1. The molecule has 12 heteroatoms. The molecule has 0 spiro atoms. The molecule has 1 aromatic heterocycles. The molecule has 2 aromatic carbocycles. The number of anilines is 1. The minimum Gasteiger partial charge on any atom is -0.345 e. The molecule has 2 saturated heterocycles. The van der Waals surface area contributed by atoms with Crippen molar-refractivity contribution < 1.29 is 22.0 Å². The Hall–Kier alpha value is -2.34. The Balaban J connectivity index is 1.23. The Labute approximate surface area is 211 Å². The summed E-state index contributed by atoms with van der Waals surface area (Å²) < 4.78 is 55.5. The number of nitrogens with zero attached hydrogens (tertiary/aromatic N) is 4. The second-order valence-corrected chi connectivity index (χ2v) is 12.1. The second-order valence-electron chi connectivity index (χ2n) is 8.70. The van der Waals surface area contributed by atoms with Crippen LogP contribution < -0.4 is 4.90 Å². The highest BCUT2D eigenvalue weighted by Crippen LogP contribution is 2.32. The number of aromatic nitrogens is 1. The number of sulfonamides is 1. The van der Waals surface area contributed by atoms with Crippen LogP contribution in [0.1, 0.15) is 12.8 Å². The van der Waals surface area contributed by atoms with Crippen LogP contribution in [0.5, 0.6) is 0 Å². The maximum absolute atomic E-state index is 14.0. The zero-order valence-corrected chi connectivity index (χ0v) is 21.1. The predicted molar refractivity (Wildman–Crippen MR) is 131 cm³/mol. The molecule has 1 atom stereocenters. The second kappa shape index (κ2) is 9.61. The van der Waals surface area contributed by atoms with Gasteiger partial charge in [-0.3, -0.25) is 4.79 Å². The van der Waals surface area contributed by atoms with Gasteiger partial charge in [0.2, 0.25) is 15.9 Å². The van der Waals surface area contributed by atoms with Gasteiger partial charge in [0.1, 0.15) is 11.3 Å². The Bertz CT molecular complexity index is 1360. The van der Waals surface area contributed by atoms with E-state index in [0.717, 1.165) is 6.07 Å². The van der Waals surface area contributed by atoms with Gasteiger partial charge in [-0.15, -0.1) is 0 Å². The van der Waals surface area contributed by atoms with Crippen molar-refractivity contribution in [1.29, 1.82) is 0 Å². The van der Waals surface area contributed by atoms with Crippen molar-refractivity contribution in [2.75, 3.05) is 44.2 Å². The summed E-state index contributed by atoms with van der Waals surface area (Å²) in [7, 11) is -3.71. The van der Waals surface area contributed by atoms with Crippen LogP contribution >= 0.6 is 22.9 Å². The van der Waals surface area contributed by atoms with Crippen molar-refractivity contribution in [1.82, 2.24) is 14.2 Å². The van der Waals surface area contributed by atoms with Gasteiger partial charge in [0.25, 0.3) is 0 Å². The number of carbonyl (C=O) groups is 1. The molecule has 0 bridgehead atoms. The number of halogens is 3. The first-order chi connectivity index (χ1) is 16.7. The van der Waals surface area contributed by atoms with Gasteiger partial charge < -0.3 is 9.80 Å². The quantitative estimate of drug-likeness (QED) is 0.500. The van der Waals surface area contributed by atoms with E-state index in [9.17, 15) is 22.0 Å². The molecule has 35 heavy (non-hydrogen) atoms. The van der Waals surface area contributed by atoms with E-state index >= 15 is 0 Å². The molecule has 3 heterocycles. The van der Waals surface area contributed by atoms with Crippen LogP contribution in [0.15, 0.2) is 41.3 Å². The van der Waals surface area contributed by atoms with Gasteiger partial charge in [-0.2, -0.15) is 4.31 Å². The average molecular weight is 541 g/mol. The third-order valence-electron chi connectivity index (χ3n) is 6.45. The van der Waals surface area contributed by atoms with E-state index in [2.05, 4.69) is 4.98 Å². The van der Waals surface area contributed by atoms with Gasteiger partial charge in [-0.1, -0.05) is 22.9 Å². The van der Waals surface area contributed by atoms with Crippen molar-refractivity contribution in [3.63, 3.8) is 0 Å². The van der Waals surface area contributed by atoms with E-state index in [1.807, 2.05) is 4.90 Å². The first-order valence-corrected chi connectivity index (χ1v) is 13.9. The first kappa shape index (κ1) is 24.4. The third-order valence-corrected chi connectivity index (χ3v) is 9.64. The van der Waals surface area contributed by atoms with Crippen LogP contribution in [0.3, 0.4) is 0 Å². The highest BCUT2D eigenvalue weighted by Gasteiger charge is 2.36. The van der Waals surface area contributed by atoms with Gasteiger partial charge >= 0.3 is 0 Å². The van der Waals surface area contributed by atoms with Crippen LogP contribution in [-0.2, 0) is 14.8 Å². The molecule has 0 N–H and O–H groups in total. The van der Waals surface area contributed by atoms with Crippen LogP contribution in [0.4, 0.5) is 13.9 Å². The summed E-state index contributed by atoms with van der Waals surface area (Å²) in [6.07, 6.45) is 1.24. The molecule has 2 aliphatic heterocycles. The van der Waals surface area contributed by atoms with Gasteiger partial charge in [-0.25, -0.2) is 22.2 Å². The zero-order valence-electron chi connectivity index (χ0n) is 18.7. The van der Waals surface area contributed by atoms with Crippen molar-refractivity contribution in [3.05, 3.63) is 53.1 Å². The summed E-state index contributed by atoms with van der Waals surface area (Å²) in [5, 5.41) is 1.05. The highest BCUT2D eigenvalue weighted by atomic mass is 35.5. The number of fused-ring (bicyclic) bond motifs is 1. The summed E-state index contributed by atoms with van der Waals surface area (Å²) in [5.41, 5.74) is 0.147. The molecule has 0 aliphatic carbocycles. The van der Waals surface area contributed by atoms with Crippen molar-refractivity contribution in [2.24, 2.45) is 5.92 Å². The van der Waals surface area contributed by atoms with E-state index < -0.39 is 27.6 Å². The zero-order chi connectivity index (χ0) is 24.7. The molecule has 186 valence electrons. The van der Waals surface area contributed by atoms with Gasteiger partial charge in [-0.05, 0) is 43.2 Å². The number of amides is 1. The molecule has 0 saturated carbocycles. The predicted octanol–water partition coefficient (Wildman–Crippen LogP) is 3.98. The molecule has 1 unspecified atom stereocenters. The number of thiazole rings is 1. The van der Waals surface area contributed by atoms with E-state index in [-0.39, 0.29) is 22.9 Å². The first-order valence-electron chi connectivity index (χ1n) is 11.3. The Morgan fingerprint density at radius 3 is 2.49 bits per heavy atom. The number of piperazine rings is 1. The fourth-order valence-electron chi connectivity index (χ4n) is 4.58. The van der Waals surface area contributed by atoms with E-state index in [1.54, 1.807) is 4.90 Å². The van der Waals surface area contributed by atoms with Crippen molar-refractivity contribution >= 4 is 54.2 Å². The minimum atomic E-state index is -3.71. The van der Waals surface area contributed by atoms with Gasteiger partial charge in [0.15, 0.2) is 10.9 Å². The molecule has 2 fully saturated rings. The van der Waals surface area contributed by atoms with E-state index in [4.69, 9.17) is 11.6 Å². The monoisotopic (exact) mass is 540 g/mol.